The molecule has 0 unspecified atom stereocenters. The third-order valence-electron chi connectivity index (χ3n) is 4.08. The van der Waals surface area contributed by atoms with Crippen LogP contribution in [0.5, 0.6) is 5.75 Å². The fourth-order valence-electron chi connectivity index (χ4n) is 2.83. The number of rotatable bonds is 8. The van der Waals surface area contributed by atoms with E-state index in [4.69, 9.17) is 4.74 Å². The van der Waals surface area contributed by atoms with Gasteiger partial charge in [-0.25, -0.2) is 0 Å². The number of methoxy groups -OCH3 is 1. The number of para-hydroxylation sites is 1. The van der Waals surface area contributed by atoms with Crippen LogP contribution in [0.15, 0.2) is 24.3 Å². The van der Waals surface area contributed by atoms with Crippen molar-refractivity contribution < 1.29 is 9.53 Å². The molecule has 2 rings (SSSR count). The summed E-state index contributed by atoms with van der Waals surface area (Å²) in [6.45, 7) is 3.59. The van der Waals surface area contributed by atoms with Gasteiger partial charge in [-0.1, -0.05) is 18.6 Å². The van der Waals surface area contributed by atoms with Crippen LogP contribution in [0.1, 0.15) is 48.9 Å². The molecule has 0 aromatic heterocycles. The lowest BCUT2D eigenvalue weighted by Gasteiger charge is -2.26. The predicted molar refractivity (Wildman–Crippen MR) is 85.8 cm³/mol. The van der Waals surface area contributed by atoms with Crippen molar-refractivity contribution in [1.29, 1.82) is 0 Å². The monoisotopic (exact) mass is 288 g/mol. The van der Waals surface area contributed by atoms with Crippen LogP contribution in [0, 0.1) is 6.42 Å². The van der Waals surface area contributed by atoms with Crippen molar-refractivity contribution in [3.05, 3.63) is 36.2 Å². The van der Waals surface area contributed by atoms with Crippen molar-refractivity contribution in [2.45, 2.75) is 38.5 Å². The van der Waals surface area contributed by atoms with Crippen molar-refractivity contribution in [2.24, 2.45) is 0 Å². The van der Waals surface area contributed by atoms with Crippen LogP contribution in [0.2, 0.25) is 0 Å². The van der Waals surface area contributed by atoms with Crippen LogP contribution in [-0.2, 0) is 0 Å². The molecule has 0 saturated carbocycles. The van der Waals surface area contributed by atoms with E-state index in [2.05, 4.69) is 11.3 Å². The van der Waals surface area contributed by atoms with Crippen molar-refractivity contribution in [3.8, 4) is 5.75 Å². The molecule has 0 N–H and O–H groups in total. The zero-order valence-electron chi connectivity index (χ0n) is 13.0. The van der Waals surface area contributed by atoms with Crippen LogP contribution in [-0.4, -0.2) is 37.4 Å². The fraction of sp³-hybridized carbons (Fsp3) is 0.556. The molecule has 1 aliphatic rings. The Balaban J connectivity index is 1.65. The average molecular weight is 288 g/mol. The van der Waals surface area contributed by atoms with Gasteiger partial charge in [-0.2, -0.15) is 0 Å². The molecule has 115 valence electrons. The van der Waals surface area contributed by atoms with Gasteiger partial charge in [0.1, 0.15) is 5.75 Å². The molecular weight excluding hydrogens is 262 g/mol. The molecule has 0 aliphatic carbocycles. The largest absolute Gasteiger partial charge is 0.496 e. The van der Waals surface area contributed by atoms with E-state index in [1.807, 2.05) is 24.3 Å². The lowest BCUT2D eigenvalue weighted by atomic mass is 10.0. The number of Topliss-reactive ketones (excluding diaryl/α,β-unsaturated/α-hetero) is 1. The first kappa shape index (κ1) is 16.0. The second-order valence-corrected chi connectivity index (χ2v) is 5.64. The molecule has 3 nitrogen and oxygen atoms in total. The Kier molecular flexibility index (Phi) is 6.74. The van der Waals surface area contributed by atoms with Gasteiger partial charge >= 0.3 is 0 Å². The maximum Gasteiger partial charge on any atom is 0.166 e. The highest BCUT2D eigenvalue weighted by Crippen LogP contribution is 2.20. The number of unbranched alkanes of at least 4 members (excludes halogenated alkanes) is 2. The van der Waals surface area contributed by atoms with Crippen LogP contribution in [0.4, 0.5) is 0 Å². The summed E-state index contributed by atoms with van der Waals surface area (Å²) in [6, 6.07) is 7.49. The third kappa shape index (κ3) is 5.16. The zero-order chi connectivity index (χ0) is 14.9. The highest BCUT2D eigenvalue weighted by atomic mass is 16.5. The lowest BCUT2D eigenvalue weighted by Crippen LogP contribution is -2.30. The van der Waals surface area contributed by atoms with Gasteiger partial charge in [0, 0.05) is 6.42 Å². The molecule has 3 heteroatoms. The number of carbonyl (C=O) groups excluding carboxylic acids is 1. The predicted octanol–water partition coefficient (Wildman–Crippen LogP) is 3.74. The lowest BCUT2D eigenvalue weighted by molar-refractivity contribution is 0.0975. The minimum Gasteiger partial charge on any atom is -0.496 e. The molecule has 1 aliphatic heterocycles. The van der Waals surface area contributed by atoms with E-state index >= 15 is 0 Å². The number of piperidine rings is 1. The van der Waals surface area contributed by atoms with Gasteiger partial charge in [-0.15, -0.1) is 0 Å². The summed E-state index contributed by atoms with van der Waals surface area (Å²) >= 11 is 0. The van der Waals surface area contributed by atoms with Gasteiger partial charge in [0.15, 0.2) is 5.78 Å². The molecular formula is C18H26NO2. The fourth-order valence-corrected chi connectivity index (χ4v) is 2.83. The van der Waals surface area contributed by atoms with E-state index in [0.717, 1.165) is 12.8 Å². The summed E-state index contributed by atoms with van der Waals surface area (Å²) in [4.78, 5) is 14.7. The maximum absolute atomic E-state index is 12.2. The van der Waals surface area contributed by atoms with Crippen LogP contribution in [0.3, 0.4) is 0 Å². The average Bonchev–Trinajstić information content (AvgIpc) is 2.55. The Morgan fingerprint density at radius 3 is 2.67 bits per heavy atom. The summed E-state index contributed by atoms with van der Waals surface area (Å²) in [5.74, 6) is 0.882. The molecule has 0 bridgehead atoms. The Bertz CT molecular complexity index is 439. The molecule has 1 heterocycles. The Morgan fingerprint density at radius 2 is 1.90 bits per heavy atom. The topological polar surface area (TPSA) is 29.5 Å². The first-order valence-corrected chi connectivity index (χ1v) is 8.01. The molecule has 21 heavy (non-hydrogen) atoms. The Hall–Kier alpha value is -1.35. The van der Waals surface area contributed by atoms with Crippen molar-refractivity contribution in [3.63, 3.8) is 0 Å². The highest BCUT2D eigenvalue weighted by Gasteiger charge is 2.12. The van der Waals surface area contributed by atoms with Crippen LogP contribution >= 0.6 is 0 Å². The number of hydrogen-bond acceptors (Lipinski definition) is 3. The zero-order valence-corrected chi connectivity index (χ0v) is 13.0. The number of hydrogen-bond donors (Lipinski definition) is 0. The van der Waals surface area contributed by atoms with Gasteiger partial charge < -0.3 is 9.64 Å². The molecule has 1 aromatic carbocycles. The van der Waals surface area contributed by atoms with Gasteiger partial charge in [0.2, 0.25) is 0 Å². The van der Waals surface area contributed by atoms with E-state index < -0.39 is 0 Å². The SMILES string of the molecule is COc1ccccc1C(=O)CCCCCN1CC[CH]CC1. The number of benzene rings is 1. The van der Waals surface area contributed by atoms with Crippen molar-refractivity contribution >= 4 is 5.78 Å². The highest BCUT2D eigenvalue weighted by molar-refractivity contribution is 5.98. The smallest absolute Gasteiger partial charge is 0.166 e. The minimum absolute atomic E-state index is 0.194. The first-order valence-electron chi connectivity index (χ1n) is 8.01. The van der Waals surface area contributed by atoms with Crippen LogP contribution in [0.25, 0.3) is 0 Å². The van der Waals surface area contributed by atoms with E-state index in [9.17, 15) is 4.79 Å². The van der Waals surface area contributed by atoms with Gasteiger partial charge in [-0.3, -0.25) is 4.79 Å². The quantitative estimate of drug-likeness (QED) is 0.539. The van der Waals surface area contributed by atoms with Gasteiger partial charge in [-0.05, 0) is 63.9 Å². The maximum atomic E-state index is 12.2. The Morgan fingerprint density at radius 1 is 1.14 bits per heavy atom. The van der Waals surface area contributed by atoms with Crippen molar-refractivity contribution in [1.82, 2.24) is 4.90 Å². The number of nitrogens with zero attached hydrogens (tertiary/aromatic N) is 1. The summed E-state index contributed by atoms with van der Waals surface area (Å²) < 4.78 is 5.24. The second kappa shape index (κ2) is 8.83. The summed E-state index contributed by atoms with van der Waals surface area (Å²) in [6.07, 6.45) is 8.74. The summed E-state index contributed by atoms with van der Waals surface area (Å²) in [5, 5.41) is 0. The second-order valence-electron chi connectivity index (χ2n) is 5.64. The summed E-state index contributed by atoms with van der Waals surface area (Å²) in [7, 11) is 1.61. The molecule has 0 atom stereocenters. The van der Waals surface area contributed by atoms with Gasteiger partial charge in [0.25, 0.3) is 0 Å². The number of ketones is 1. The summed E-state index contributed by atoms with van der Waals surface area (Å²) in [5.41, 5.74) is 0.714. The normalized spacial score (nSPS) is 15.9. The Labute approximate surface area is 128 Å². The van der Waals surface area contributed by atoms with Crippen molar-refractivity contribution in [2.75, 3.05) is 26.7 Å². The van der Waals surface area contributed by atoms with Gasteiger partial charge in [0.05, 0.1) is 12.7 Å². The molecule has 1 fully saturated rings. The third-order valence-corrected chi connectivity index (χ3v) is 4.08. The molecule has 0 spiro atoms. The molecule has 1 radical (unpaired) electrons. The standard InChI is InChI=1S/C18H26NO2/c1-21-18-12-6-5-10-16(18)17(20)11-4-2-7-13-19-14-8-3-9-15-19/h3,5-6,10,12H,2,4,7-9,11,13-15H2,1H3. The number of likely N-dealkylation sites (tertiary alicyclic amines) is 1. The number of ether oxygens (including phenoxy) is 1. The molecule has 0 amide bonds. The minimum atomic E-state index is 0.194. The number of carbonyl (C=O) groups is 1. The van der Waals surface area contributed by atoms with E-state index in [-0.39, 0.29) is 5.78 Å². The van der Waals surface area contributed by atoms with Crippen LogP contribution < -0.4 is 4.74 Å². The van der Waals surface area contributed by atoms with E-state index in [1.54, 1.807) is 7.11 Å². The first-order chi connectivity index (χ1) is 10.3. The molecule has 1 saturated heterocycles. The molecule has 1 aromatic rings. The van der Waals surface area contributed by atoms with E-state index in [1.165, 1.54) is 38.9 Å². The van der Waals surface area contributed by atoms with E-state index in [0.29, 0.717) is 17.7 Å².